The van der Waals surface area contributed by atoms with Crippen LogP contribution in [0.4, 0.5) is 19.4 Å². The van der Waals surface area contributed by atoms with Crippen molar-refractivity contribution in [2.24, 2.45) is 7.05 Å². The largest absolute Gasteiger partial charge is 0.334 e. The van der Waals surface area contributed by atoms with Gasteiger partial charge in [-0.05, 0) is 12.8 Å². The lowest BCUT2D eigenvalue weighted by atomic mass is 10.3. The van der Waals surface area contributed by atoms with Crippen LogP contribution in [0.15, 0.2) is 6.07 Å². The Hall–Kier alpha value is -1.70. The Morgan fingerprint density at radius 1 is 1.57 bits per heavy atom. The summed E-state index contributed by atoms with van der Waals surface area (Å²) in [5.74, 6) is 0.495. The second-order valence-corrected chi connectivity index (χ2v) is 5.23. The predicted molar refractivity (Wildman–Crippen MR) is 75.6 cm³/mol. The molecule has 1 aliphatic heterocycles. The maximum Gasteiger partial charge on any atom is 0.320 e. The molecular formula is C13H21F2N5O. The summed E-state index contributed by atoms with van der Waals surface area (Å²) in [6.45, 7) is 2.82. The van der Waals surface area contributed by atoms with Crippen molar-refractivity contribution < 1.29 is 13.6 Å². The molecule has 1 aliphatic rings. The fourth-order valence-electron chi connectivity index (χ4n) is 2.55. The van der Waals surface area contributed by atoms with E-state index in [9.17, 15) is 13.6 Å². The van der Waals surface area contributed by atoms with Gasteiger partial charge >= 0.3 is 6.03 Å². The van der Waals surface area contributed by atoms with Crippen LogP contribution in [0, 0.1) is 0 Å². The summed E-state index contributed by atoms with van der Waals surface area (Å²) in [5.41, 5.74) is 1.02. The number of halogens is 2. The molecule has 1 atom stereocenters. The van der Waals surface area contributed by atoms with Gasteiger partial charge in [0.2, 0.25) is 0 Å². The first kappa shape index (κ1) is 15.7. The van der Waals surface area contributed by atoms with Gasteiger partial charge in [0.05, 0.1) is 6.54 Å². The number of urea groups is 1. The average molecular weight is 301 g/mol. The second kappa shape index (κ2) is 6.84. The van der Waals surface area contributed by atoms with Crippen LogP contribution >= 0.6 is 0 Å². The minimum absolute atomic E-state index is 0.0990. The predicted octanol–water partition coefficient (Wildman–Crippen LogP) is 1.44. The topological polar surface area (TPSA) is 62.2 Å². The van der Waals surface area contributed by atoms with E-state index in [0.29, 0.717) is 25.3 Å². The van der Waals surface area contributed by atoms with Crippen LogP contribution in [-0.2, 0) is 13.5 Å². The summed E-state index contributed by atoms with van der Waals surface area (Å²) in [4.78, 5) is 13.5. The van der Waals surface area contributed by atoms with Gasteiger partial charge in [0, 0.05) is 37.9 Å². The molecule has 0 aromatic carbocycles. The maximum absolute atomic E-state index is 12.3. The van der Waals surface area contributed by atoms with Crippen molar-refractivity contribution in [3.63, 3.8) is 0 Å². The molecule has 1 aromatic rings. The highest BCUT2D eigenvalue weighted by atomic mass is 19.3. The van der Waals surface area contributed by atoms with E-state index in [4.69, 9.17) is 0 Å². The summed E-state index contributed by atoms with van der Waals surface area (Å²) in [6, 6.07) is 1.37. The highest BCUT2D eigenvalue weighted by molar-refractivity contribution is 5.88. The molecule has 0 spiro atoms. The molecule has 1 unspecified atom stereocenters. The molecule has 6 nitrogen and oxygen atoms in total. The van der Waals surface area contributed by atoms with Crippen LogP contribution < -0.4 is 10.6 Å². The lowest BCUT2D eigenvalue weighted by Crippen LogP contribution is -2.40. The molecule has 1 fully saturated rings. The molecule has 0 aliphatic carbocycles. The quantitative estimate of drug-likeness (QED) is 0.865. The monoisotopic (exact) mass is 301 g/mol. The van der Waals surface area contributed by atoms with Crippen molar-refractivity contribution in [2.75, 3.05) is 25.0 Å². The van der Waals surface area contributed by atoms with Gasteiger partial charge in [-0.1, -0.05) is 6.92 Å². The lowest BCUT2D eigenvalue weighted by Gasteiger charge is -2.16. The minimum atomic E-state index is -2.33. The molecule has 8 heteroatoms. The Bertz CT molecular complexity index is 491. The van der Waals surface area contributed by atoms with E-state index in [1.165, 1.54) is 0 Å². The first-order valence-corrected chi connectivity index (χ1v) is 7.09. The highest BCUT2D eigenvalue weighted by Crippen LogP contribution is 2.12. The van der Waals surface area contributed by atoms with Gasteiger partial charge in [0.25, 0.3) is 6.43 Å². The van der Waals surface area contributed by atoms with Crippen LogP contribution in [-0.4, -0.2) is 52.8 Å². The van der Waals surface area contributed by atoms with Gasteiger partial charge < -0.3 is 5.32 Å². The van der Waals surface area contributed by atoms with Crippen LogP contribution in [0.2, 0.25) is 0 Å². The van der Waals surface area contributed by atoms with E-state index in [-0.39, 0.29) is 18.6 Å². The van der Waals surface area contributed by atoms with Crippen molar-refractivity contribution >= 4 is 11.8 Å². The zero-order chi connectivity index (χ0) is 15.4. The Morgan fingerprint density at radius 2 is 2.33 bits per heavy atom. The number of nitrogens with one attached hydrogen (secondary N) is 2. The van der Waals surface area contributed by atoms with Crippen molar-refractivity contribution in [3.8, 4) is 0 Å². The summed E-state index contributed by atoms with van der Waals surface area (Å²) >= 11 is 0. The number of nitrogens with zero attached hydrogens (tertiary/aromatic N) is 3. The van der Waals surface area contributed by atoms with Crippen molar-refractivity contribution in [1.82, 2.24) is 20.0 Å². The molecule has 2 rings (SSSR count). The number of carbonyl (C=O) groups is 1. The fraction of sp³-hybridized carbons (Fsp3) is 0.692. The number of likely N-dealkylation sites (tertiary alicyclic amines) is 1. The van der Waals surface area contributed by atoms with Gasteiger partial charge in [0.15, 0.2) is 5.82 Å². The van der Waals surface area contributed by atoms with Gasteiger partial charge in [0.1, 0.15) is 0 Å². The number of aromatic nitrogens is 2. The highest BCUT2D eigenvalue weighted by Gasteiger charge is 2.25. The average Bonchev–Trinajstić information content (AvgIpc) is 2.95. The fourth-order valence-corrected chi connectivity index (χ4v) is 2.55. The van der Waals surface area contributed by atoms with E-state index >= 15 is 0 Å². The molecule has 0 radical (unpaired) electrons. The van der Waals surface area contributed by atoms with Gasteiger partial charge in [-0.25, -0.2) is 13.6 Å². The first-order chi connectivity index (χ1) is 9.97. The number of rotatable bonds is 5. The summed E-state index contributed by atoms with van der Waals surface area (Å²) < 4.78 is 26.3. The van der Waals surface area contributed by atoms with Crippen LogP contribution in [0.1, 0.15) is 19.0 Å². The smallest absolute Gasteiger partial charge is 0.320 e. The number of aryl methyl sites for hydroxylation is 2. The molecule has 21 heavy (non-hydrogen) atoms. The lowest BCUT2D eigenvalue weighted by molar-refractivity contribution is 0.0988. The third kappa shape index (κ3) is 4.38. The van der Waals surface area contributed by atoms with E-state index in [2.05, 4.69) is 15.7 Å². The first-order valence-electron chi connectivity index (χ1n) is 7.09. The van der Waals surface area contributed by atoms with Crippen LogP contribution in [0.25, 0.3) is 0 Å². The molecular weight excluding hydrogens is 280 g/mol. The Balaban J connectivity index is 1.79. The summed E-state index contributed by atoms with van der Waals surface area (Å²) in [6.07, 6.45) is -0.820. The summed E-state index contributed by atoms with van der Waals surface area (Å²) in [5, 5.41) is 9.65. The third-order valence-corrected chi connectivity index (χ3v) is 3.58. The van der Waals surface area contributed by atoms with Gasteiger partial charge in [-0.3, -0.25) is 14.9 Å². The van der Waals surface area contributed by atoms with E-state index in [0.717, 1.165) is 12.1 Å². The molecule has 2 N–H and O–H groups in total. The van der Waals surface area contributed by atoms with Gasteiger partial charge in [-0.2, -0.15) is 5.10 Å². The number of hydrogen-bond acceptors (Lipinski definition) is 3. The number of amides is 2. The van der Waals surface area contributed by atoms with Crippen molar-refractivity contribution in [1.29, 1.82) is 0 Å². The van der Waals surface area contributed by atoms with Crippen molar-refractivity contribution in [2.45, 2.75) is 32.2 Å². The Kier molecular flexibility index (Phi) is 5.11. The standard InChI is InChI=1S/C13H21F2N5O/c1-3-10-6-12(18-19(10)2)17-13(21)16-9-4-5-20(7-9)8-11(14)15/h6,9,11H,3-5,7-8H2,1-2H3,(H2,16,17,18,21). The van der Waals surface area contributed by atoms with Gasteiger partial charge in [-0.15, -0.1) is 0 Å². The second-order valence-electron chi connectivity index (χ2n) is 5.23. The van der Waals surface area contributed by atoms with Crippen molar-refractivity contribution in [3.05, 3.63) is 11.8 Å². The molecule has 1 aromatic heterocycles. The SMILES string of the molecule is CCc1cc(NC(=O)NC2CCN(CC(F)F)C2)nn1C. The molecule has 118 valence electrons. The molecule has 2 heterocycles. The molecule has 2 amide bonds. The number of anilines is 1. The zero-order valence-corrected chi connectivity index (χ0v) is 12.3. The Labute approximate surface area is 122 Å². The number of hydrogen-bond donors (Lipinski definition) is 2. The summed E-state index contributed by atoms with van der Waals surface area (Å²) in [7, 11) is 1.82. The number of alkyl halides is 2. The molecule has 1 saturated heterocycles. The molecule has 0 saturated carbocycles. The minimum Gasteiger partial charge on any atom is -0.334 e. The maximum atomic E-state index is 12.3. The van der Waals surface area contributed by atoms with E-state index in [1.54, 1.807) is 9.58 Å². The number of carbonyl (C=O) groups excluding carboxylic acids is 1. The normalized spacial score (nSPS) is 19.2. The Morgan fingerprint density at radius 3 is 2.95 bits per heavy atom. The molecule has 0 bridgehead atoms. The third-order valence-electron chi connectivity index (χ3n) is 3.58. The van der Waals surface area contributed by atoms with E-state index in [1.807, 2.05) is 20.0 Å². The van der Waals surface area contributed by atoms with Crippen LogP contribution in [0.5, 0.6) is 0 Å². The van der Waals surface area contributed by atoms with Crippen LogP contribution in [0.3, 0.4) is 0 Å². The zero-order valence-electron chi connectivity index (χ0n) is 12.3. The van der Waals surface area contributed by atoms with E-state index < -0.39 is 6.43 Å².